The molecule has 6 atom stereocenters. The number of Topliss-reactive ketones (excluding diaryl/α,β-unsaturated/α-hetero) is 2. The molecule has 0 aliphatic heterocycles. The number of amides is 1. The van der Waals surface area contributed by atoms with Crippen molar-refractivity contribution in [1.82, 2.24) is 4.90 Å². The number of carbonyl (C=O) groups is 4. The van der Waals surface area contributed by atoms with Crippen molar-refractivity contribution in [3.63, 3.8) is 0 Å². The second kappa shape index (κ2) is 9.67. The van der Waals surface area contributed by atoms with Gasteiger partial charge in [-0.25, -0.2) is 0 Å². The number of phenolic OH excluding ortho intramolecular Hbond substituents is 1. The van der Waals surface area contributed by atoms with E-state index in [0.717, 1.165) is 0 Å². The molecule has 0 fully saturated rings. The first-order valence-corrected chi connectivity index (χ1v) is 12.3. The molecule has 1 aromatic carbocycles. The van der Waals surface area contributed by atoms with Crippen molar-refractivity contribution in [2.75, 3.05) is 32.6 Å². The van der Waals surface area contributed by atoms with Crippen molar-refractivity contribution >= 4 is 29.1 Å². The highest BCUT2D eigenvalue weighted by Gasteiger charge is 2.67. The molecule has 13 heteroatoms. The third-order valence-electron chi connectivity index (χ3n) is 7.86. The summed E-state index contributed by atoms with van der Waals surface area (Å²) in [6.45, 7) is 3.09. The Morgan fingerprint density at radius 3 is 2.38 bits per heavy atom. The van der Waals surface area contributed by atoms with E-state index in [1.54, 1.807) is 13.8 Å². The van der Waals surface area contributed by atoms with Gasteiger partial charge in [-0.1, -0.05) is 13.0 Å². The molecule has 8 N–H and O–H groups in total. The number of rotatable bonds is 6. The Morgan fingerprint density at radius 1 is 1.18 bits per heavy atom. The fraction of sp³-hybridized carbons (Fsp3) is 0.462. The van der Waals surface area contributed by atoms with Crippen LogP contribution in [0.2, 0.25) is 0 Å². The first kappa shape index (κ1) is 28.1. The van der Waals surface area contributed by atoms with E-state index in [-0.39, 0.29) is 24.4 Å². The van der Waals surface area contributed by atoms with Gasteiger partial charge < -0.3 is 41.3 Å². The van der Waals surface area contributed by atoms with Crippen LogP contribution in [0.25, 0.3) is 0 Å². The Bertz CT molecular complexity index is 1350. The average molecular weight is 546 g/mol. The van der Waals surface area contributed by atoms with E-state index >= 15 is 0 Å². The number of hydrogen-bond donors (Lipinski definition) is 7. The van der Waals surface area contributed by atoms with Gasteiger partial charge in [-0.15, -0.1) is 0 Å². The number of nitrogens with zero attached hydrogens (tertiary/aromatic N) is 1. The Labute approximate surface area is 223 Å². The Balaban J connectivity index is 1.91. The van der Waals surface area contributed by atoms with Gasteiger partial charge in [0.2, 0.25) is 5.78 Å². The lowest BCUT2D eigenvalue weighted by Gasteiger charge is -2.53. The maximum absolute atomic E-state index is 13.8. The predicted octanol–water partition coefficient (Wildman–Crippen LogP) is -0.373. The van der Waals surface area contributed by atoms with Gasteiger partial charge in [0.15, 0.2) is 11.4 Å². The van der Waals surface area contributed by atoms with E-state index in [4.69, 9.17) is 10.5 Å². The fourth-order valence-corrected chi connectivity index (χ4v) is 6.14. The number of likely N-dealkylation sites (N-methyl/N-ethyl adjacent to an activating group) is 1. The number of hydrogen-bond acceptors (Lipinski definition) is 12. The minimum absolute atomic E-state index is 0.0131. The molecule has 3 aliphatic carbocycles. The number of nitrogens with two attached hydrogens (primary N) is 1. The van der Waals surface area contributed by atoms with E-state index in [0.29, 0.717) is 5.56 Å². The molecule has 1 amide bonds. The molecule has 0 bridgehead atoms. The van der Waals surface area contributed by atoms with Crippen LogP contribution in [0, 0.1) is 11.8 Å². The van der Waals surface area contributed by atoms with Crippen molar-refractivity contribution in [3.05, 3.63) is 45.9 Å². The third-order valence-corrected chi connectivity index (χ3v) is 7.86. The molecular formula is C26H31N3O10. The number of carbonyl (C=O) groups excluding carboxylic acids is 4. The van der Waals surface area contributed by atoms with Crippen LogP contribution in [0.5, 0.6) is 5.75 Å². The van der Waals surface area contributed by atoms with E-state index < -0.39 is 87.4 Å². The summed E-state index contributed by atoms with van der Waals surface area (Å²) in [5.74, 6) is -10.3. The van der Waals surface area contributed by atoms with Crippen LogP contribution in [-0.4, -0.2) is 98.9 Å². The van der Waals surface area contributed by atoms with Gasteiger partial charge in [0.25, 0.3) is 5.91 Å². The molecule has 210 valence electrons. The number of primary amides is 1. The monoisotopic (exact) mass is 545 g/mol. The number of benzene rings is 1. The van der Waals surface area contributed by atoms with Gasteiger partial charge in [0.1, 0.15) is 29.4 Å². The number of aromatic hydroxyl groups is 1. The van der Waals surface area contributed by atoms with Crippen LogP contribution >= 0.6 is 0 Å². The van der Waals surface area contributed by atoms with Gasteiger partial charge in [0, 0.05) is 11.5 Å². The van der Waals surface area contributed by atoms with Crippen molar-refractivity contribution in [3.8, 4) is 5.75 Å². The van der Waals surface area contributed by atoms with Gasteiger partial charge in [0.05, 0.1) is 35.9 Å². The standard InChI is InChI=1S/C26H31N3O10/c1-5-39-12(30)8-28-11-7-6-10-9(2)13-15(20(32)14(10)19(11)31)23(35)26(38)17(21(13)33)18(29(3)4)22(34)16(24(26)36)25(27)37/h6-7,9,13,17-18,21,28,31,33-35,38H,5,8H2,1-4H3,(H2,27,37). The Hall–Kier alpha value is -3.94. The number of ether oxygens (including phenoxy) is 1. The van der Waals surface area contributed by atoms with Crippen LogP contribution in [0.3, 0.4) is 0 Å². The number of ketones is 2. The smallest absolute Gasteiger partial charge is 0.325 e. The fourth-order valence-electron chi connectivity index (χ4n) is 6.14. The largest absolute Gasteiger partial charge is 0.510 e. The van der Waals surface area contributed by atoms with E-state index in [1.165, 1.54) is 31.1 Å². The highest BCUT2D eigenvalue weighted by Crippen LogP contribution is 2.55. The molecular weight excluding hydrogens is 514 g/mol. The zero-order valence-corrected chi connectivity index (χ0v) is 21.8. The van der Waals surface area contributed by atoms with Crippen molar-refractivity contribution in [1.29, 1.82) is 0 Å². The first-order chi connectivity index (χ1) is 18.2. The van der Waals surface area contributed by atoms with Crippen LogP contribution in [0.4, 0.5) is 5.69 Å². The van der Waals surface area contributed by atoms with Crippen molar-refractivity contribution in [2.45, 2.75) is 37.5 Å². The molecule has 4 rings (SSSR count). The quantitative estimate of drug-likeness (QED) is 0.138. The summed E-state index contributed by atoms with van der Waals surface area (Å²) < 4.78 is 4.84. The topological polar surface area (TPSA) is 220 Å². The molecule has 0 saturated heterocycles. The molecule has 3 aliphatic rings. The van der Waals surface area contributed by atoms with Crippen LogP contribution in [-0.2, 0) is 19.1 Å². The normalized spacial score (nSPS) is 30.1. The zero-order chi connectivity index (χ0) is 29.1. The summed E-state index contributed by atoms with van der Waals surface area (Å²) in [6, 6.07) is 1.63. The number of aliphatic hydroxyl groups is 4. The number of aliphatic hydroxyl groups excluding tert-OH is 3. The minimum atomic E-state index is -2.99. The lowest BCUT2D eigenvalue weighted by atomic mass is 9.55. The Morgan fingerprint density at radius 2 is 1.82 bits per heavy atom. The van der Waals surface area contributed by atoms with Gasteiger partial charge in [-0.05, 0) is 38.6 Å². The second-order valence-electron chi connectivity index (χ2n) is 10.1. The first-order valence-electron chi connectivity index (χ1n) is 12.3. The SMILES string of the molecule is CCOC(=O)CNc1ccc2c(c1O)C(=O)C1=C(O)C3(O)C(=O)C(C(N)=O)=C(O)C(N(C)C)C3C(O)C1C2C. The maximum Gasteiger partial charge on any atom is 0.325 e. The summed E-state index contributed by atoms with van der Waals surface area (Å²) in [5, 5.41) is 59.1. The van der Waals surface area contributed by atoms with E-state index in [9.17, 15) is 44.7 Å². The number of anilines is 1. The number of phenols is 1. The lowest BCUT2D eigenvalue weighted by molar-refractivity contribution is -0.162. The van der Waals surface area contributed by atoms with Crippen LogP contribution in [0.15, 0.2) is 34.8 Å². The highest BCUT2D eigenvalue weighted by atomic mass is 16.5. The summed E-state index contributed by atoms with van der Waals surface area (Å²) >= 11 is 0. The van der Waals surface area contributed by atoms with E-state index in [2.05, 4.69) is 5.32 Å². The summed E-state index contributed by atoms with van der Waals surface area (Å²) in [5.41, 5.74) is 0.910. The second-order valence-corrected chi connectivity index (χ2v) is 10.1. The number of fused-ring (bicyclic) bond motifs is 3. The molecule has 0 saturated carbocycles. The van der Waals surface area contributed by atoms with Crippen molar-refractivity contribution in [2.24, 2.45) is 17.6 Å². The number of nitrogens with one attached hydrogen (secondary N) is 1. The third kappa shape index (κ3) is 3.87. The summed E-state index contributed by atoms with van der Waals surface area (Å²) in [7, 11) is 2.93. The maximum atomic E-state index is 13.8. The molecule has 0 spiro atoms. The summed E-state index contributed by atoms with van der Waals surface area (Å²) in [6.07, 6.45) is -1.68. The lowest BCUT2D eigenvalue weighted by Crippen LogP contribution is -2.68. The molecule has 13 nitrogen and oxygen atoms in total. The highest BCUT2D eigenvalue weighted by molar-refractivity contribution is 6.25. The van der Waals surface area contributed by atoms with Crippen LogP contribution < -0.4 is 11.1 Å². The van der Waals surface area contributed by atoms with Gasteiger partial charge in [-0.2, -0.15) is 0 Å². The molecule has 6 unspecified atom stereocenters. The predicted molar refractivity (Wildman–Crippen MR) is 135 cm³/mol. The molecule has 39 heavy (non-hydrogen) atoms. The van der Waals surface area contributed by atoms with Gasteiger partial charge >= 0.3 is 5.97 Å². The van der Waals surface area contributed by atoms with Gasteiger partial charge in [-0.3, -0.25) is 24.1 Å². The molecule has 0 aromatic heterocycles. The Kier molecular flexibility index (Phi) is 6.96. The number of esters is 1. The van der Waals surface area contributed by atoms with E-state index in [1.807, 2.05) is 0 Å². The minimum Gasteiger partial charge on any atom is -0.510 e. The van der Waals surface area contributed by atoms with Crippen LogP contribution in [0.1, 0.15) is 35.7 Å². The molecule has 1 aromatic rings. The molecule has 0 heterocycles. The average Bonchev–Trinajstić information content (AvgIpc) is 2.85. The molecule has 0 radical (unpaired) electrons. The van der Waals surface area contributed by atoms with Crippen molar-refractivity contribution < 1.29 is 49.4 Å². The zero-order valence-electron chi connectivity index (χ0n) is 21.8. The summed E-state index contributed by atoms with van der Waals surface area (Å²) in [4.78, 5) is 52.4.